The van der Waals surface area contributed by atoms with E-state index in [1.165, 1.54) is 0 Å². The molecule has 0 aromatic carbocycles. The van der Waals surface area contributed by atoms with E-state index in [0.29, 0.717) is 12.5 Å². The van der Waals surface area contributed by atoms with Crippen molar-refractivity contribution < 1.29 is 9.53 Å². The molecule has 0 aromatic heterocycles. The van der Waals surface area contributed by atoms with Crippen molar-refractivity contribution in [2.45, 2.75) is 45.8 Å². The number of rotatable bonds is 3. The molecule has 0 bridgehead atoms. The van der Waals surface area contributed by atoms with Gasteiger partial charge in [-0.25, -0.2) is 0 Å². The lowest BCUT2D eigenvalue weighted by molar-refractivity contribution is -0.132. The molecule has 1 heterocycles. The van der Waals surface area contributed by atoms with E-state index in [1.807, 2.05) is 6.92 Å². The molecule has 3 nitrogen and oxygen atoms in total. The summed E-state index contributed by atoms with van der Waals surface area (Å²) in [6.45, 7) is 6.87. The Labute approximate surface area is 79.8 Å². The molecule has 3 heteroatoms. The van der Waals surface area contributed by atoms with Gasteiger partial charge in [-0.2, -0.15) is 0 Å². The minimum atomic E-state index is -0.202. The zero-order valence-corrected chi connectivity index (χ0v) is 8.67. The molecule has 1 amide bonds. The van der Waals surface area contributed by atoms with Crippen LogP contribution in [0.3, 0.4) is 0 Å². The monoisotopic (exact) mass is 185 g/mol. The van der Waals surface area contributed by atoms with Crippen molar-refractivity contribution in [3.63, 3.8) is 0 Å². The van der Waals surface area contributed by atoms with E-state index in [0.717, 1.165) is 12.8 Å². The number of amides is 1. The number of hydrogen-bond acceptors (Lipinski definition) is 2. The molecule has 1 aliphatic rings. The first-order chi connectivity index (χ1) is 6.15. The van der Waals surface area contributed by atoms with Crippen LogP contribution in [0, 0.1) is 5.92 Å². The number of nitrogens with one attached hydrogen (secondary N) is 1. The summed E-state index contributed by atoms with van der Waals surface area (Å²) in [5.74, 6) is 0.560. The van der Waals surface area contributed by atoms with E-state index in [4.69, 9.17) is 4.74 Å². The van der Waals surface area contributed by atoms with E-state index >= 15 is 0 Å². The zero-order valence-electron chi connectivity index (χ0n) is 8.67. The van der Waals surface area contributed by atoms with Crippen molar-refractivity contribution in [1.82, 2.24) is 5.32 Å². The average Bonchev–Trinajstić information content (AvgIpc) is 2.52. The topological polar surface area (TPSA) is 38.3 Å². The molecule has 0 aliphatic carbocycles. The molecule has 1 fully saturated rings. The minimum Gasteiger partial charge on any atom is -0.365 e. The summed E-state index contributed by atoms with van der Waals surface area (Å²) in [7, 11) is 0. The summed E-state index contributed by atoms with van der Waals surface area (Å²) >= 11 is 0. The maximum atomic E-state index is 11.4. The van der Waals surface area contributed by atoms with Gasteiger partial charge in [0.2, 0.25) is 5.91 Å². The van der Waals surface area contributed by atoms with Gasteiger partial charge in [0.25, 0.3) is 0 Å². The number of hydrogen-bond donors (Lipinski definition) is 1. The number of likely N-dealkylation sites (N-methyl/N-ethyl adjacent to an activating group) is 1. The van der Waals surface area contributed by atoms with Crippen molar-refractivity contribution in [3.05, 3.63) is 0 Å². The van der Waals surface area contributed by atoms with Gasteiger partial charge in [0, 0.05) is 6.54 Å². The van der Waals surface area contributed by atoms with E-state index in [1.54, 1.807) is 0 Å². The fraction of sp³-hybridized carbons (Fsp3) is 0.900. The van der Waals surface area contributed by atoms with Gasteiger partial charge in [0.15, 0.2) is 0 Å². The van der Waals surface area contributed by atoms with E-state index in [9.17, 15) is 4.79 Å². The second-order valence-corrected chi connectivity index (χ2v) is 3.88. The third kappa shape index (κ3) is 2.69. The van der Waals surface area contributed by atoms with E-state index in [-0.39, 0.29) is 18.1 Å². The quantitative estimate of drug-likeness (QED) is 0.720. The first-order valence-electron chi connectivity index (χ1n) is 5.08. The lowest BCUT2D eigenvalue weighted by Gasteiger charge is -2.15. The highest BCUT2D eigenvalue weighted by Gasteiger charge is 2.31. The van der Waals surface area contributed by atoms with Crippen LogP contribution in [0.2, 0.25) is 0 Å². The molecule has 0 aromatic rings. The summed E-state index contributed by atoms with van der Waals surface area (Å²) < 4.78 is 5.63. The summed E-state index contributed by atoms with van der Waals surface area (Å²) in [6, 6.07) is 0. The molecular formula is C10H19NO2. The Morgan fingerprint density at radius 2 is 2.23 bits per heavy atom. The fourth-order valence-corrected chi connectivity index (χ4v) is 1.63. The Kier molecular flexibility index (Phi) is 3.72. The normalized spacial score (nSPS) is 28.0. The SMILES string of the molecule is CCNC(=O)C1CCC(C(C)C)O1. The van der Waals surface area contributed by atoms with Crippen molar-refractivity contribution in [1.29, 1.82) is 0 Å². The molecule has 1 aliphatic heterocycles. The van der Waals surface area contributed by atoms with Gasteiger partial charge in [0.05, 0.1) is 6.10 Å². The van der Waals surface area contributed by atoms with Crippen molar-refractivity contribution in [2.75, 3.05) is 6.54 Å². The van der Waals surface area contributed by atoms with E-state index < -0.39 is 0 Å². The largest absolute Gasteiger partial charge is 0.365 e. The van der Waals surface area contributed by atoms with Crippen molar-refractivity contribution in [2.24, 2.45) is 5.92 Å². The van der Waals surface area contributed by atoms with Gasteiger partial charge < -0.3 is 10.1 Å². The molecule has 2 unspecified atom stereocenters. The van der Waals surface area contributed by atoms with Crippen LogP contribution in [0.15, 0.2) is 0 Å². The van der Waals surface area contributed by atoms with Gasteiger partial charge in [-0.15, -0.1) is 0 Å². The smallest absolute Gasteiger partial charge is 0.249 e. The first-order valence-corrected chi connectivity index (χ1v) is 5.08. The standard InChI is InChI=1S/C10H19NO2/c1-4-11-10(12)9-6-5-8(13-9)7(2)3/h7-9H,4-6H2,1-3H3,(H,11,12). The van der Waals surface area contributed by atoms with Crippen LogP contribution in [0.5, 0.6) is 0 Å². The van der Waals surface area contributed by atoms with Crippen LogP contribution >= 0.6 is 0 Å². The molecular weight excluding hydrogens is 166 g/mol. The number of ether oxygens (including phenoxy) is 1. The minimum absolute atomic E-state index is 0.0469. The molecule has 0 saturated carbocycles. The first kappa shape index (κ1) is 10.5. The predicted octanol–water partition coefficient (Wildman–Crippen LogP) is 1.33. The molecule has 1 saturated heterocycles. The summed E-state index contributed by atoms with van der Waals surface area (Å²) in [5, 5.41) is 2.78. The van der Waals surface area contributed by atoms with Crippen LogP contribution in [0.25, 0.3) is 0 Å². The Balaban J connectivity index is 2.36. The third-order valence-corrected chi connectivity index (χ3v) is 2.44. The number of carbonyl (C=O) groups is 1. The second kappa shape index (κ2) is 4.61. The van der Waals surface area contributed by atoms with Gasteiger partial charge in [0.1, 0.15) is 6.10 Å². The highest BCUT2D eigenvalue weighted by molar-refractivity contribution is 5.80. The molecule has 0 spiro atoms. The highest BCUT2D eigenvalue weighted by atomic mass is 16.5. The van der Waals surface area contributed by atoms with E-state index in [2.05, 4.69) is 19.2 Å². The van der Waals surface area contributed by atoms with Gasteiger partial charge in [-0.1, -0.05) is 13.8 Å². The lowest BCUT2D eigenvalue weighted by atomic mass is 10.0. The number of carbonyl (C=O) groups excluding carboxylic acids is 1. The average molecular weight is 185 g/mol. The zero-order chi connectivity index (χ0) is 9.84. The van der Waals surface area contributed by atoms with Crippen LogP contribution < -0.4 is 5.32 Å². The summed E-state index contributed by atoms with van der Waals surface area (Å²) in [6.07, 6.45) is 1.95. The molecule has 1 N–H and O–H groups in total. The maximum absolute atomic E-state index is 11.4. The van der Waals surface area contributed by atoms with Gasteiger partial charge in [-0.3, -0.25) is 4.79 Å². The Bertz CT molecular complexity index is 180. The van der Waals surface area contributed by atoms with Crippen molar-refractivity contribution in [3.8, 4) is 0 Å². The highest BCUT2D eigenvalue weighted by Crippen LogP contribution is 2.24. The molecule has 2 atom stereocenters. The van der Waals surface area contributed by atoms with Crippen LogP contribution in [-0.2, 0) is 9.53 Å². The molecule has 13 heavy (non-hydrogen) atoms. The Morgan fingerprint density at radius 3 is 2.69 bits per heavy atom. The van der Waals surface area contributed by atoms with Crippen LogP contribution in [0.4, 0.5) is 0 Å². The fourth-order valence-electron chi connectivity index (χ4n) is 1.63. The third-order valence-electron chi connectivity index (χ3n) is 2.44. The summed E-state index contributed by atoms with van der Waals surface area (Å²) in [5.41, 5.74) is 0. The van der Waals surface area contributed by atoms with Crippen LogP contribution in [0.1, 0.15) is 33.6 Å². The lowest BCUT2D eigenvalue weighted by Crippen LogP contribution is -2.34. The predicted molar refractivity (Wildman–Crippen MR) is 51.4 cm³/mol. The Hall–Kier alpha value is -0.570. The van der Waals surface area contributed by atoms with Gasteiger partial charge in [-0.05, 0) is 25.7 Å². The van der Waals surface area contributed by atoms with Gasteiger partial charge >= 0.3 is 0 Å². The maximum Gasteiger partial charge on any atom is 0.249 e. The second-order valence-electron chi connectivity index (χ2n) is 3.88. The van der Waals surface area contributed by atoms with Crippen molar-refractivity contribution >= 4 is 5.91 Å². The molecule has 76 valence electrons. The Morgan fingerprint density at radius 1 is 1.54 bits per heavy atom. The summed E-state index contributed by atoms with van der Waals surface area (Å²) in [4.78, 5) is 11.4. The molecule has 0 radical (unpaired) electrons. The molecule has 1 rings (SSSR count). The van der Waals surface area contributed by atoms with Crippen LogP contribution in [-0.4, -0.2) is 24.7 Å².